The lowest BCUT2D eigenvalue weighted by Crippen LogP contribution is -2.03. The Morgan fingerprint density at radius 3 is 2.50 bits per heavy atom. The normalized spacial score (nSPS) is 11.7. The second kappa shape index (κ2) is 4.00. The molecule has 1 aromatic carbocycles. The third-order valence-electron chi connectivity index (χ3n) is 2.09. The molecule has 0 saturated heterocycles. The molecule has 1 radical (unpaired) electrons. The quantitative estimate of drug-likeness (QED) is 0.768. The van der Waals surface area contributed by atoms with Crippen LogP contribution in [0.1, 0.15) is 11.1 Å². The molecule has 0 aliphatic rings. The first-order chi connectivity index (χ1) is 7.55. The van der Waals surface area contributed by atoms with Crippen LogP contribution in [0.25, 0.3) is 0 Å². The van der Waals surface area contributed by atoms with Gasteiger partial charge in [-0.3, -0.25) is 4.68 Å². The van der Waals surface area contributed by atoms with Gasteiger partial charge < -0.3 is 0 Å². The molecule has 2 rings (SSSR count). The summed E-state index contributed by atoms with van der Waals surface area (Å²) in [6.45, 7) is 0.324. The number of aromatic nitrogens is 2. The van der Waals surface area contributed by atoms with E-state index in [9.17, 15) is 13.2 Å². The number of rotatable bonds is 2. The zero-order chi connectivity index (χ0) is 11.6. The van der Waals surface area contributed by atoms with Crippen molar-refractivity contribution < 1.29 is 13.2 Å². The van der Waals surface area contributed by atoms with Gasteiger partial charge in [-0.1, -0.05) is 24.3 Å². The topological polar surface area (TPSA) is 17.8 Å². The molecule has 1 heterocycles. The minimum absolute atomic E-state index is 0.324. The van der Waals surface area contributed by atoms with Crippen molar-refractivity contribution in [2.24, 2.45) is 0 Å². The number of nitrogens with zero attached hydrogens (tertiary/aromatic N) is 2. The SMILES string of the molecule is FC(F)(F)c1cnn(Cc2cc[c]cc2)c1. The Labute approximate surface area is 90.3 Å². The Hall–Kier alpha value is -1.78. The zero-order valence-electron chi connectivity index (χ0n) is 8.20. The van der Waals surface area contributed by atoms with Gasteiger partial charge in [0, 0.05) is 6.20 Å². The van der Waals surface area contributed by atoms with Crippen LogP contribution in [0.15, 0.2) is 36.7 Å². The number of halogens is 3. The number of hydrogen-bond acceptors (Lipinski definition) is 1. The minimum atomic E-state index is -4.33. The first-order valence-electron chi connectivity index (χ1n) is 4.60. The molecule has 0 bridgehead atoms. The van der Waals surface area contributed by atoms with Gasteiger partial charge in [-0.25, -0.2) is 0 Å². The molecule has 0 unspecified atom stereocenters. The summed E-state index contributed by atoms with van der Waals surface area (Å²) >= 11 is 0. The van der Waals surface area contributed by atoms with Crippen LogP contribution in [-0.4, -0.2) is 9.78 Å². The number of alkyl halides is 3. The largest absolute Gasteiger partial charge is 0.419 e. The lowest BCUT2D eigenvalue weighted by atomic mass is 10.2. The highest BCUT2D eigenvalue weighted by Crippen LogP contribution is 2.28. The fraction of sp³-hybridized carbons (Fsp3) is 0.182. The highest BCUT2D eigenvalue weighted by molar-refractivity contribution is 5.15. The second-order valence-corrected chi connectivity index (χ2v) is 3.33. The summed E-state index contributed by atoms with van der Waals surface area (Å²) in [6, 6.07) is 9.84. The van der Waals surface area contributed by atoms with E-state index in [-0.39, 0.29) is 0 Å². The van der Waals surface area contributed by atoms with Gasteiger partial charge in [0.25, 0.3) is 0 Å². The Bertz CT molecular complexity index is 460. The van der Waals surface area contributed by atoms with E-state index in [1.807, 2.05) is 0 Å². The highest BCUT2D eigenvalue weighted by Gasteiger charge is 2.32. The van der Waals surface area contributed by atoms with Crippen molar-refractivity contribution in [1.29, 1.82) is 0 Å². The van der Waals surface area contributed by atoms with E-state index in [4.69, 9.17) is 0 Å². The molecule has 5 heteroatoms. The Morgan fingerprint density at radius 2 is 1.94 bits per heavy atom. The monoisotopic (exact) mass is 225 g/mol. The zero-order valence-corrected chi connectivity index (χ0v) is 8.20. The molecule has 0 amide bonds. The van der Waals surface area contributed by atoms with Crippen LogP contribution in [0, 0.1) is 6.07 Å². The van der Waals surface area contributed by atoms with Crippen LogP contribution < -0.4 is 0 Å². The summed E-state index contributed by atoms with van der Waals surface area (Å²) in [4.78, 5) is 0. The van der Waals surface area contributed by atoms with Gasteiger partial charge in [-0.2, -0.15) is 18.3 Å². The maximum atomic E-state index is 12.3. The average Bonchev–Trinajstić information content (AvgIpc) is 2.67. The van der Waals surface area contributed by atoms with E-state index in [1.165, 1.54) is 4.68 Å². The van der Waals surface area contributed by atoms with Crippen LogP contribution >= 0.6 is 0 Å². The smallest absolute Gasteiger partial charge is 0.268 e. The van der Waals surface area contributed by atoms with E-state index < -0.39 is 11.7 Å². The Balaban J connectivity index is 2.15. The molecule has 0 fully saturated rings. The van der Waals surface area contributed by atoms with E-state index in [0.717, 1.165) is 18.0 Å². The third kappa shape index (κ3) is 2.42. The molecule has 16 heavy (non-hydrogen) atoms. The average molecular weight is 225 g/mol. The van der Waals surface area contributed by atoms with Crippen LogP contribution in [0.4, 0.5) is 13.2 Å². The summed E-state index contributed by atoms with van der Waals surface area (Å²) in [6.07, 6.45) is -2.51. The first kappa shape index (κ1) is 10.7. The van der Waals surface area contributed by atoms with Crippen molar-refractivity contribution >= 4 is 0 Å². The molecule has 2 nitrogen and oxygen atoms in total. The van der Waals surface area contributed by atoms with Crippen LogP contribution in [0.3, 0.4) is 0 Å². The molecule has 0 saturated carbocycles. The summed E-state index contributed by atoms with van der Waals surface area (Å²) < 4.78 is 38.1. The van der Waals surface area contributed by atoms with Gasteiger partial charge >= 0.3 is 6.18 Å². The first-order valence-corrected chi connectivity index (χ1v) is 4.60. The molecule has 0 aliphatic carbocycles. The van der Waals surface area contributed by atoms with E-state index in [0.29, 0.717) is 6.54 Å². The lowest BCUT2D eigenvalue weighted by molar-refractivity contribution is -0.137. The lowest BCUT2D eigenvalue weighted by Gasteiger charge is -2.02. The predicted molar refractivity (Wildman–Crippen MR) is 51.6 cm³/mol. The molecule has 0 N–H and O–H groups in total. The van der Waals surface area contributed by atoms with Crippen molar-refractivity contribution in [3.05, 3.63) is 53.9 Å². The Kier molecular flexibility index (Phi) is 2.68. The van der Waals surface area contributed by atoms with Crippen LogP contribution in [0.2, 0.25) is 0 Å². The van der Waals surface area contributed by atoms with Gasteiger partial charge in [-0.15, -0.1) is 0 Å². The van der Waals surface area contributed by atoms with Gasteiger partial charge in [0.15, 0.2) is 0 Å². The molecular formula is C11H8F3N2. The molecule has 1 aromatic heterocycles. The summed E-state index contributed by atoms with van der Waals surface area (Å²) in [5.41, 5.74) is 0.158. The predicted octanol–water partition coefficient (Wildman–Crippen LogP) is 2.75. The molecule has 2 aromatic rings. The van der Waals surface area contributed by atoms with Crippen molar-refractivity contribution in [3.8, 4) is 0 Å². The molecular weight excluding hydrogens is 217 g/mol. The van der Waals surface area contributed by atoms with Gasteiger partial charge in [0.2, 0.25) is 0 Å². The highest BCUT2D eigenvalue weighted by atomic mass is 19.4. The maximum Gasteiger partial charge on any atom is 0.419 e. The fourth-order valence-corrected chi connectivity index (χ4v) is 1.31. The van der Waals surface area contributed by atoms with Crippen LogP contribution in [-0.2, 0) is 12.7 Å². The minimum Gasteiger partial charge on any atom is -0.268 e. The summed E-state index contributed by atoms with van der Waals surface area (Å²) in [7, 11) is 0. The van der Waals surface area contributed by atoms with Crippen molar-refractivity contribution in [3.63, 3.8) is 0 Å². The second-order valence-electron chi connectivity index (χ2n) is 3.33. The van der Waals surface area contributed by atoms with Crippen molar-refractivity contribution in [2.45, 2.75) is 12.7 Å². The van der Waals surface area contributed by atoms with Crippen LogP contribution in [0.5, 0.6) is 0 Å². The summed E-state index contributed by atoms with van der Waals surface area (Å²) in [5, 5.41) is 3.66. The molecule has 0 aliphatic heterocycles. The summed E-state index contributed by atoms with van der Waals surface area (Å²) in [5.74, 6) is 0. The van der Waals surface area contributed by atoms with E-state index >= 15 is 0 Å². The fourth-order valence-electron chi connectivity index (χ4n) is 1.31. The van der Waals surface area contributed by atoms with E-state index in [2.05, 4.69) is 11.2 Å². The Morgan fingerprint density at radius 1 is 1.25 bits per heavy atom. The third-order valence-corrected chi connectivity index (χ3v) is 2.09. The van der Waals surface area contributed by atoms with Gasteiger partial charge in [-0.05, 0) is 11.6 Å². The molecule has 0 atom stereocenters. The van der Waals surface area contributed by atoms with Gasteiger partial charge in [0.1, 0.15) is 0 Å². The number of hydrogen-bond donors (Lipinski definition) is 0. The molecule has 0 spiro atoms. The molecule has 83 valence electrons. The van der Waals surface area contributed by atoms with E-state index in [1.54, 1.807) is 24.3 Å². The number of benzene rings is 1. The maximum absolute atomic E-state index is 12.3. The van der Waals surface area contributed by atoms with Crippen molar-refractivity contribution in [2.75, 3.05) is 0 Å². The van der Waals surface area contributed by atoms with Crippen molar-refractivity contribution in [1.82, 2.24) is 9.78 Å². The standard InChI is InChI=1S/C11H8F3N2/c12-11(13,14)10-6-15-16(8-10)7-9-4-2-1-3-5-9/h2-6,8H,7H2. The van der Waals surface area contributed by atoms with Gasteiger partial charge in [0.05, 0.1) is 18.3 Å².